The van der Waals surface area contributed by atoms with Crippen LogP contribution in [0.1, 0.15) is 17.2 Å². The van der Waals surface area contributed by atoms with Crippen LogP contribution < -0.4 is 10.5 Å². The molecule has 0 fully saturated rings. The zero-order valence-electron chi connectivity index (χ0n) is 10.2. The fourth-order valence-electron chi connectivity index (χ4n) is 1.92. The van der Waals surface area contributed by atoms with Gasteiger partial charge in [-0.1, -0.05) is 29.8 Å². The summed E-state index contributed by atoms with van der Waals surface area (Å²) in [5, 5.41) is 0.509. The van der Waals surface area contributed by atoms with E-state index in [0.717, 1.165) is 0 Å². The fraction of sp³-hybridized carbons (Fsp3) is 0.143. The van der Waals surface area contributed by atoms with Gasteiger partial charge in [0.05, 0.1) is 17.6 Å². The van der Waals surface area contributed by atoms with Crippen LogP contribution >= 0.6 is 27.5 Å². The summed E-state index contributed by atoms with van der Waals surface area (Å²) in [6, 6.07) is 9.13. The van der Waals surface area contributed by atoms with Crippen LogP contribution in [-0.4, -0.2) is 7.11 Å². The molecular weight excluding hydrogens is 333 g/mol. The van der Waals surface area contributed by atoms with Crippen LogP contribution in [0.4, 0.5) is 4.39 Å². The van der Waals surface area contributed by atoms with E-state index in [1.54, 1.807) is 30.3 Å². The largest absolute Gasteiger partial charge is 0.495 e. The van der Waals surface area contributed by atoms with Crippen molar-refractivity contribution in [3.05, 3.63) is 62.8 Å². The number of ether oxygens (including phenoxy) is 1. The summed E-state index contributed by atoms with van der Waals surface area (Å²) in [4.78, 5) is 0. The molecule has 2 rings (SSSR count). The first kappa shape index (κ1) is 14.3. The van der Waals surface area contributed by atoms with E-state index in [-0.39, 0.29) is 5.82 Å². The fourth-order valence-corrected chi connectivity index (χ4v) is 2.92. The van der Waals surface area contributed by atoms with Crippen molar-refractivity contribution in [3.63, 3.8) is 0 Å². The molecule has 0 aliphatic heterocycles. The number of benzene rings is 2. The summed E-state index contributed by atoms with van der Waals surface area (Å²) < 4.78 is 19.8. The average Bonchev–Trinajstić information content (AvgIpc) is 2.37. The van der Waals surface area contributed by atoms with Gasteiger partial charge in [0.2, 0.25) is 0 Å². The summed E-state index contributed by atoms with van der Waals surface area (Å²) in [5.41, 5.74) is 7.16. The van der Waals surface area contributed by atoms with Crippen molar-refractivity contribution in [2.24, 2.45) is 5.73 Å². The Kier molecular flexibility index (Phi) is 4.45. The molecule has 0 aromatic heterocycles. The predicted molar refractivity (Wildman–Crippen MR) is 78.1 cm³/mol. The van der Waals surface area contributed by atoms with Gasteiger partial charge in [-0.25, -0.2) is 4.39 Å². The monoisotopic (exact) mass is 343 g/mol. The zero-order valence-corrected chi connectivity index (χ0v) is 12.5. The SMILES string of the molecule is COc1c(Br)cc(Cl)cc1C(N)c1ccccc1F. The molecular formula is C14H12BrClFNO. The standard InChI is InChI=1S/C14H12BrClFNO/c1-19-14-10(6-8(16)7-11(14)15)13(18)9-4-2-3-5-12(9)17/h2-7,13H,18H2,1H3. The molecule has 0 radical (unpaired) electrons. The molecule has 0 aliphatic rings. The lowest BCUT2D eigenvalue weighted by Gasteiger charge is -2.18. The third kappa shape index (κ3) is 2.91. The van der Waals surface area contributed by atoms with Gasteiger partial charge in [-0.2, -0.15) is 0 Å². The third-order valence-corrected chi connectivity index (χ3v) is 3.62. The number of nitrogens with two attached hydrogens (primary N) is 1. The molecule has 2 aromatic rings. The Balaban J connectivity index is 2.55. The lowest BCUT2D eigenvalue weighted by molar-refractivity contribution is 0.404. The van der Waals surface area contributed by atoms with Gasteiger partial charge in [0.1, 0.15) is 11.6 Å². The van der Waals surface area contributed by atoms with Gasteiger partial charge in [-0.3, -0.25) is 0 Å². The van der Waals surface area contributed by atoms with Gasteiger partial charge in [0.15, 0.2) is 0 Å². The second-order valence-electron chi connectivity index (χ2n) is 4.01. The molecule has 2 N–H and O–H groups in total. The van der Waals surface area contributed by atoms with E-state index in [1.165, 1.54) is 13.2 Å². The first-order valence-corrected chi connectivity index (χ1v) is 6.74. The summed E-state index contributed by atoms with van der Waals surface area (Å²) >= 11 is 9.37. The number of rotatable bonds is 3. The van der Waals surface area contributed by atoms with Crippen molar-refractivity contribution in [2.75, 3.05) is 7.11 Å². The Morgan fingerprint density at radius 2 is 1.95 bits per heavy atom. The zero-order chi connectivity index (χ0) is 14.0. The Morgan fingerprint density at radius 3 is 2.58 bits per heavy atom. The molecule has 19 heavy (non-hydrogen) atoms. The molecule has 100 valence electrons. The Morgan fingerprint density at radius 1 is 1.26 bits per heavy atom. The van der Waals surface area contributed by atoms with Gasteiger partial charge in [0, 0.05) is 16.1 Å². The van der Waals surface area contributed by atoms with Crippen molar-refractivity contribution in [3.8, 4) is 5.75 Å². The lowest BCUT2D eigenvalue weighted by atomic mass is 9.98. The smallest absolute Gasteiger partial charge is 0.138 e. The highest BCUT2D eigenvalue weighted by Crippen LogP contribution is 2.37. The lowest BCUT2D eigenvalue weighted by Crippen LogP contribution is -2.15. The Bertz CT molecular complexity index is 606. The normalized spacial score (nSPS) is 12.3. The van der Waals surface area contributed by atoms with Gasteiger partial charge in [-0.05, 0) is 34.1 Å². The highest BCUT2D eigenvalue weighted by molar-refractivity contribution is 9.10. The molecule has 0 amide bonds. The molecule has 2 aromatic carbocycles. The van der Waals surface area contributed by atoms with Gasteiger partial charge in [-0.15, -0.1) is 0 Å². The van der Waals surface area contributed by atoms with E-state index < -0.39 is 6.04 Å². The van der Waals surface area contributed by atoms with Crippen LogP contribution in [-0.2, 0) is 0 Å². The molecule has 0 saturated heterocycles. The molecule has 0 spiro atoms. The van der Waals surface area contributed by atoms with Crippen molar-refractivity contribution < 1.29 is 9.13 Å². The molecule has 0 heterocycles. The maximum Gasteiger partial charge on any atom is 0.138 e. The quantitative estimate of drug-likeness (QED) is 0.901. The van der Waals surface area contributed by atoms with Crippen molar-refractivity contribution in [1.82, 2.24) is 0 Å². The van der Waals surface area contributed by atoms with Crippen molar-refractivity contribution >= 4 is 27.5 Å². The van der Waals surface area contributed by atoms with Crippen LogP contribution in [0.25, 0.3) is 0 Å². The van der Waals surface area contributed by atoms with E-state index in [1.807, 2.05) is 0 Å². The highest BCUT2D eigenvalue weighted by Gasteiger charge is 2.19. The van der Waals surface area contributed by atoms with E-state index in [4.69, 9.17) is 22.1 Å². The van der Waals surface area contributed by atoms with Crippen molar-refractivity contribution in [1.29, 1.82) is 0 Å². The number of methoxy groups -OCH3 is 1. The molecule has 1 unspecified atom stereocenters. The van der Waals surface area contributed by atoms with E-state index in [2.05, 4.69) is 15.9 Å². The average molecular weight is 345 g/mol. The first-order valence-electron chi connectivity index (χ1n) is 5.57. The summed E-state index contributed by atoms with van der Waals surface area (Å²) in [6.07, 6.45) is 0. The number of hydrogen-bond acceptors (Lipinski definition) is 2. The van der Waals surface area contributed by atoms with E-state index in [0.29, 0.717) is 26.4 Å². The van der Waals surface area contributed by atoms with Crippen LogP contribution in [0.5, 0.6) is 5.75 Å². The minimum Gasteiger partial charge on any atom is -0.495 e. The van der Waals surface area contributed by atoms with Gasteiger partial charge in [0.25, 0.3) is 0 Å². The van der Waals surface area contributed by atoms with Gasteiger partial charge >= 0.3 is 0 Å². The minimum absolute atomic E-state index is 0.354. The third-order valence-electron chi connectivity index (χ3n) is 2.82. The maximum atomic E-state index is 13.8. The molecule has 2 nitrogen and oxygen atoms in total. The highest BCUT2D eigenvalue weighted by atomic mass is 79.9. The van der Waals surface area contributed by atoms with Crippen LogP contribution in [0.3, 0.4) is 0 Å². The van der Waals surface area contributed by atoms with Crippen molar-refractivity contribution in [2.45, 2.75) is 6.04 Å². The predicted octanol–water partition coefficient (Wildman–Crippen LogP) is 4.30. The molecule has 0 saturated carbocycles. The first-order chi connectivity index (χ1) is 9.04. The second-order valence-corrected chi connectivity index (χ2v) is 5.30. The number of hydrogen-bond donors (Lipinski definition) is 1. The van der Waals surface area contributed by atoms with Crippen LogP contribution in [0.2, 0.25) is 5.02 Å². The van der Waals surface area contributed by atoms with Gasteiger partial charge < -0.3 is 10.5 Å². The molecule has 5 heteroatoms. The second kappa shape index (κ2) is 5.90. The van der Waals surface area contributed by atoms with Crippen LogP contribution in [0.15, 0.2) is 40.9 Å². The molecule has 1 atom stereocenters. The summed E-state index contributed by atoms with van der Waals surface area (Å²) in [5.74, 6) is 0.202. The number of halogens is 3. The van der Waals surface area contributed by atoms with Crippen LogP contribution in [0, 0.1) is 5.82 Å². The summed E-state index contributed by atoms with van der Waals surface area (Å²) in [6.45, 7) is 0. The molecule has 0 aliphatic carbocycles. The minimum atomic E-state index is -0.647. The Hall–Kier alpha value is -1.10. The summed E-state index contributed by atoms with van der Waals surface area (Å²) in [7, 11) is 1.53. The van der Waals surface area contributed by atoms with E-state index >= 15 is 0 Å². The van der Waals surface area contributed by atoms with E-state index in [9.17, 15) is 4.39 Å². The molecule has 0 bridgehead atoms. The topological polar surface area (TPSA) is 35.2 Å². The maximum absolute atomic E-state index is 13.8. The Labute approximate surface area is 124 Å².